The standard InChI is InChI=1S/C17H14O4/c1-19-15-7-6-13-9-12(4-5-14(13)10-15)11-21-17(18)16-3-2-8-20-16/h2-10H,11H2,1H3. The van der Waals surface area contributed by atoms with Crippen LogP contribution in [-0.2, 0) is 11.3 Å². The largest absolute Gasteiger partial charge is 0.497 e. The van der Waals surface area contributed by atoms with Crippen LogP contribution in [0.5, 0.6) is 5.75 Å². The molecule has 0 amide bonds. The Morgan fingerprint density at radius 3 is 2.67 bits per heavy atom. The molecule has 0 aliphatic rings. The van der Waals surface area contributed by atoms with Gasteiger partial charge in [0, 0.05) is 0 Å². The molecule has 0 bridgehead atoms. The first-order valence-electron chi connectivity index (χ1n) is 6.53. The average molecular weight is 282 g/mol. The van der Waals surface area contributed by atoms with Crippen LogP contribution in [0.4, 0.5) is 0 Å². The van der Waals surface area contributed by atoms with Crippen molar-refractivity contribution in [1.82, 2.24) is 0 Å². The van der Waals surface area contributed by atoms with E-state index in [1.54, 1.807) is 19.2 Å². The predicted octanol–water partition coefficient (Wildman–Crippen LogP) is 3.80. The first-order chi connectivity index (χ1) is 10.3. The molecule has 0 N–H and O–H groups in total. The van der Waals surface area contributed by atoms with Crippen LogP contribution < -0.4 is 4.74 Å². The molecular weight excluding hydrogens is 268 g/mol. The van der Waals surface area contributed by atoms with Crippen molar-refractivity contribution in [3.05, 3.63) is 66.1 Å². The molecule has 0 aliphatic carbocycles. The van der Waals surface area contributed by atoms with Crippen LogP contribution in [-0.4, -0.2) is 13.1 Å². The summed E-state index contributed by atoms with van der Waals surface area (Å²) in [6.07, 6.45) is 1.44. The van der Waals surface area contributed by atoms with Gasteiger partial charge in [0.05, 0.1) is 13.4 Å². The first-order valence-corrected chi connectivity index (χ1v) is 6.53. The Morgan fingerprint density at radius 2 is 1.90 bits per heavy atom. The maximum Gasteiger partial charge on any atom is 0.374 e. The van der Waals surface area contributed by atoms with E-state index in [2.05, 4.69) is 0 Å². The lowest BCUT2D eigenvalue weighted by Crippen LogP contribution is -2.03. The topological polar surface area (TPSA) is 48.7 Å². The molecule has 3 rings (SSSR count). The Bertz CT molecular complexity index is 760. The fourth-order valence-corrected chi connectivity index (χ4v) is 2.10. The minimum absolute atomic E-state index is 0.209. The maximum absolute atomic E-state index is 11.7. The molecule has 0 spiro atoms. The molecule has 1 aromatic heterocycles. The number of carbonyl (C=O) groups is 1. The fourth-order valence-electron chi connectivity index (χ4n) is 2.10. The lowest BCUT2D eigenvalue weighted by Gasteiger charge is -2.06. The van der Waals surface area contributed by atoms with Gasteiger partial charge in [0.2, 0.25) is 5.76 Å². The third kappa shape index (κ3) is 2.89. The highest BCUT2D eigenvalue weighted by molar-refractivity contribution is 5.86. The Hall–Kier alpha value is -2.75. The van der Waals surface area contributed by atoms with Gasteiger partial charge < -0.3 is 13.9 Å². The zero-order valence-corrected chi connectivity index (χ0v) is 11.5. The van der Waals surface area contributed by atoms with Crippen molar-refractivity contribution >= 4 is 16.7 Å². The molecule has 0 saturated heterocycles. The van der Waals surface area contributed by atoms with Crippen molar-refractivity contribution in [3.63, 3.8) is 0 Å². The molecule has 21 heavy (non-hydrogen) atoms. The second-order valence-electron chi connectivity index (χ2n) is 4.60. The molecule has 3 aromatic rings. The molecule has 0 radical (unpaired) electrons. The van der Waals surface area contributed by atoms with E-state index >= 15 is 0 Å². The lowest BCUT2D eigenvalue weighted by atomic mass is 10.1. The molecule has 4 nitrogen and oxygen atoms in total. The first kappa shape index (κ1) is 13.2. The van der Waals surface area contributed by atoms with Crippen LogP contribution >= 0.6 is 0 Å². The predicted molar refractivity (Wildman–Crippen MR) is 78.3 cm³/mol. The monoisotopic (exact) mass is 282 g/mol. The molecular formula is C17H14O4. The van der Waals surface area contributed by atoms with E-state index in [0.717, 1.165) is 22.1 Å². The Balaban J connectivity index is 1.74. The van der Waals surface area contributed by atoms with Crippen molar-refractivity contribution in [3.8, 4) is 5.75 Å². The van der Waals surface area contributed by atoms with Crippen LogP contribution in [0.3, 0.4) is 0 Å². The van der Waals surface area contributed by atoms with Gasteiger partial charge in [0.25, 0.3) is 0 Å². The summed E-state index contributed by atoms with van der Waals surface area (Å²) in [5, 5.41) is 2.15. The number of furan rings is 1. The minimum atomic E-state index is -0.463. The van der Waals surface area contributed by atoms with Gasteiger partial charge in [0.15, 0.2) is 0 Å². The number of carbonyl (C=O) groups excluding carboxylic acids is 1. The molecule has 1 heterocycles. The zero-order valence-electron chi connectivity index (χ0n) is 11.5. The Kier molecular flexibility index (Phi) is 3.60. The summed E-state index contributed by atoms with van der Waals surface area (Å²) in [7, 11) is 1.64. The smallest absolute Gasteiger partial charge is 0.374 e. The van der Waals surface area contributed by atoms with Gasteiger partial charge in [-0.15, -0.1) is 0 Å². The van der Waals surface area contributed by atoms with Crippen LogP contribution in [0.25, 0.3) is 10.8 Å². The summed E-state index contributed by atoms with van der Waals surface area (Å²) in [6.45, 7) is 0.210. The highest BCUT2D eigenvalue weighted by Gasteiger charge is 2.10. The number of methoxy groups -OCH3 is 1. The minimum Gasteiger partial charge on any atom is -0.497 e. The number of benzene rings is 2. The van der Waals surface area contributed by atoms with Gasteiger partial charge in [-0.2, -0.15) is 0 Å². The average Bonchev–Trinajstić information content (AvgIpc) is 3.06. The van der Waals surface area contributed by atoms with Gasteiger partial charge in [-0.25, -0.2) is 4.79 Å². The molecule has 0 fully saturated rings. The van der Waals surface area contributed by atoms with E-state index < -0.39 is 5.97 Å². The molecule has 106 valence electrons. The zero-order chi connectivity index (χ0) is 14.7. The number of rotatable bonds is 4. The van der Waals surface area contributed by atoms with Gasteiger partial charge in [-0.1, -0.05) is 18.2 Å². The summed E-state index contributed by atoms with van der Waals surface area (Å²) >= 11 is 0. The third-order valence-electron chi connectivity index (χ3n) is 3.20. The van der Waals surface area contributed by atoms with Crippen LogP contribution in [0, 0.1) is 0 Å². The summed E-state index contributed by atoms with van der Waals surface area (Å²) < 4.78 is 15.4. The quantitative estimate of drug-likeness (QED) is 0.683. The summed E-state index contributed by atoms with van der Waals surface area (Å²) in [6, 6.07) is 15.0. The van der Waals surface area contributed by atoms with Crippen molar-refractivity contribution < 1.29 is 18.7 Å². The molecule has 0 unspecified atom stereocenters. The molecule has 0 saturated carbocycles. The maximum atomic E-state index is 11.7. The van der Waals surface area contributed by atoms with E-state index in [4.69, 9.17) is 13.9 Å². The summed E-state index contributed by atoms with van der Waals surface area (Å²) in [5.74, 6) is 0.565. The van der Waals surface area contributed by atoms with Crippen molar-refractivity contribution in [1.29, 1.82) is 0 Å². The number of ether oxygens (including phenoxy) is 2. The van der Waals surface area contributed by atoms with Crippen LogP contribution in [0.15, 0.2) is 59.2 Å². The highest BCUT2D eigenvalue weighted by atomic mass is 16.5. The van der Waals surface area contributed by atoms with E-state index in [9.17, 15) is 4.79 Å². The number of hydrogen-bond acceptors (Lipinski definition) is 4. The second-order valence-corrected chi connectivity index (χ2v) is 4.60. The number of hydrogen-bond donors (Lipinski definition) is 0. The van der Waals surface area contributed by atoms with Gasteiger partial charge in [-0.05, 0) is 46.7 Å². The SMILES string of the molecule is COc1ccc2cc(COC(=O)c3ccco3)ccc2c1. The van der Waals surface area contributed by atoms with E-state index in [1.165, 1.54) is 6.26 Å². The highest BCUT2D eigenvalue weighted by Crippen LogP contribution is 2.22. The van der Waals surface area contributed by atoms with Crippen molar-refractivity contribution in [2.45, 2.75) is 6.61 Å². The van der Waals surface area contributed by atoms with E-state index in [0.29, 0.717) is 0 Å². The van der Waals surface area contributed by atoms with E-state index in [1.807, 2.05) is 36.4 Å². The van der Waals surface area contributed by atoms with Gasteiger partial charge in [-0.3, -0.25) is 0 Å². The van der Waals surface area contributed by atoms with Crippen molar-refractivity contribution in [2.75, 3.05) is 7.11 Å². The summed E-state index contributed by atoms with van der Waals surface area (Å²) in [4.78, 5) is 11.7. The molecule has 0 aliphatic heterocycles. The Labute approximate surface area is 121 Å². The summed E-state index contributed by atoms with van der Waals surface area (Å²) in [5.41, 5.74) is 0.924. The van der Waals surface area contributed by atoms with Crippen LogP contribution in [0.2, 0.25) is 0 Å². The Morgan fingerprint density at radius 1 is 1.10 bits per heavy atom. The fraction of sp³-hybridized carbons (Fsp3) is 0.118. The second kappa shape index (κ2) is 5.71. The molecule has 0 atom stereocenters. The molecule has 4 heteroatoms. The lowest BCUT2D eigenvalue weighted by molar-refractivity contribution is 0.0436. The normalized spacial score (nSPS) is 10.5. The molecule has 2 aromatic carbocycles. The van der Waals surface area contributed by atoms with E-state index in [-0.39, 0.29) is 12.4 Å². The van der Waals surface area contributed by atoms with Gasteiger partial charge in [0.1, 0.15) is 12.4 Å². The third-order valence-corrected chi connectivity index (χ3v) is 3.20. The van der Waals surface area contributed by atoms with Crippen molar-refractivity contribution in [2.24, 2.45) is 0 Å². The number of fused-ring (bicyclic) bond motifs is 1. The van der Waals surface area contributed by atoms with Crippen LogP contribution in [0.1, 0.15) is 16.1 Å². The number of esters is 1. The van der Waals surface area contributed by atoms with Gasteiger partial charge >= 0.3 is 5.97 Å².